The molecule has 0 bridgehead atoms. The van der Waals surface area contributed by atoms with Crippen LogP contribution in [0.1, 0.15) is 77.6 Å². The molecule has 1 aliphatic carbocycles. The second-order valence-corrected chi connectivity index (χ2v) is 6.04. The van der Waals surface area contributed by atoms with Crippen molar-refractivity contribution in [1.82, 2.24) is 0 Å². The van der Waals surface area contributed by atoms with Gasteiger partial charge in [0.25, 0.3) is 0 Å². The van der Waals surface area contributed by atoms with Crippen LogP contribution in [-0.4, -0.2) is 18.0 Å². The first-order chi connectivity index (χ1) is 8.81. The highest BCUT2D eigenvalue weighted by molar-refractivity contribution is 5.83. The van der Waals surface area contributed by atoms with Crippen molar-refractivity contribution in [2.75, 3.05) is 0 Å². The number of ketones is 1. The van der Waals surface area contributed by atoms with Crippen LogP contribution in [0, 0.1) is 5.92 Å². The topological polar surface area (TPSA) is 26.3 Å². The average Bonchev–Trinajstić information content (AvgIpc) is 2.81. The second kappa shape index (κ2) is 7.28. The van der Waals surface area contributed by atoms with Crippen LogP contribution in [0.15, 0.2) is 0 Å². The monoisotopic (exact) mass is 252 g/mol. The molecule has 2 rings (SSSR count). The summed E-state index contributed by atoms with van der Waals surface area (Å²) in [5.41, 5.74) is 0. The van der Waals surface area contributed by atoms with Gasteiger partial charge in [-0.3, -0.25) is 4.79 Å². The van der Waals surface area contributed by atoms with E-state index in [0.717, 1.165) is 25.7 Å². The molecule has 1 heterocycles. The molecule has 1 aliphatic heterocycles. The highest BCUT2D eigenvalue weighted by Crippen LogP contribution is 2.33. The fraction of sp³-hybridized carbons (Fsp3) is 0.938. The molecule has 2 aliphatic rings. The maximum Gasteiger partial charge on any atom is 0.138 e. The van der Waals surface area contributed by atoms with Gasteiger partial charge < -0.3 is 4.74 Å². The van der Waals surface area contributed by atoms with Crippen molar-refractivity contribution in [3.05, 3.63) is 0 Å². The minimum atomic E-state index is 0.239. The SMILES string of the molecule is CCCCCC[C@H]1CCC[C@H](C2CCCC2=O)O1. The predicted octanol–water partition coefficient (Wildman–Crippen LogP) is 4.26. The number of Topliss-reactive ketones (excluding diaryl/α,β-unsaturated/α-hetero) is 1. The average molecular weight is 252 g/mol. The number of rotatable bonds is 6. The number of hydrogen-bond donors (Lipinski definition) is 0. The van der Waals surface area contributed by atoms with Crippen molar-refractivity contribution < 1.29 is 9.53 Å². The van der Waals surface area contributed by atoms with Crippen molar-refractivity contribution >= 4 is 5.78 Å². The Kier molecular flexibility index (Phi) is 5.68. The lowest BCUT2D eigenvalue weighted by molar-refractivity contribution is -0.131. The summed E-state index contributed by atoms with van der Waals surface area (Å²) in [5, 5.41) is 0. The molecule has 2 nitrogen and oxygen atoms in total. The number of carbonyl (C=O) groups is 1. The molecule has 3 atom stereocenters. The molecule has 18 heavy (non-hydrogen) atoms. The van der Waals surface area contributed by atoms with E-state index in [4.69, 9.17) is 4.74 Å². The molecular formula is C16H28O2. The normalized spacial score (nSPS) is 32.9. The smallest absolute Gasteiger partial charge is 0.138 e. The Labute approximate surface area is 111 Å². The first-order valence-electron chi connectivity index (χ1n) is 7.99. The molecule has 0 aromatic heterocycles. The van der Waals surface area contributed by atoms with E-state index in [0.29, 0.717) is 11.9 Å². The van der Waals surface area contributed by atoms with E-state index in [1.165, 1.54) is 44.9 Å². The molecule has 0 aromatic carbocycles. The van der Waals surface area contributed by atoms with Gasteiger partial charge >= 0.3 is 0 Å². The second-order valence-electron chi connectivity index (χ2n) is 6.04. The van der Waals surface area contributed by atoms with E-state index in [-0.39, 0.29) is 12.0 Å². The van der Waals surface area contributed by atoms with Gasteiger partial charge in [0, 0.05) is 12.3 Å². The molecule has 2 heteroatoms. The first-order valence-corrected chi connectivity index (χ1v) is 7.99. The van der Waals surface area contributed by atoms with Crippen LogP contribution in [0.4, 0.5) is 0 Å². The summed E-state index contributed by atoms with van der Waals surface area (Å²) in [5.74, 6) is 0.704. The predicted molar refractivity (Wildman–Crippen MR) is 73.6 cm³/mol. The molecule has 0 radical (unpaired) electrons. The molecule has 0 amide bonds. The van der Waals surface area contributed by atoms with Crippen molar-refractivity contribution in [2.24, 2.45) is 5.92 Å². The fourth-order valence-corrected chi connectivity index (χ4v) is 3.47. The quantitative estimate of drug-likeness (QED) is 0.660. The molecule has 0 aromatic rings. The Balaban J connectivity index is 1.72. The van der Waals surface area contributed by atoms with Gasteiger partial charge in [-0.25, -0.2) is 0 Å². The van der Waals surface area contributed by atoms with Crippen molar-refractivity contribution in [3.8, 4) is 0 Å². The Hall–Kier alpha value is -0.370. The van der Waals surface area contributed by atoms with Crippen LogP contribution in [-0.2, 0) is 9.53 Å². The van der Waals surface area contributed by atoms with Crippen LogP contribution in [0.3, 0.4) is 0 Å². The van der Waals surface area contributed by atoms with Crippen LogP contribution >= 0.6 is 0 Å². The van der Waals surface area contributed by atoms with Gasteiger partial charge in [0.15, 0.2) is 0 Å². The minimum Gasteiger partial charge on any atom is -0.374 e. The summed E-state index contributed by atoms with van der Waals surface area (Å²) in [7, 11) is 0. The number of hydrogen-bond acceptors (Lipinski definition) is 2. The minimum absolute atomic E-state index is 0.239. The summed E-state index contributed by atoms with van der Waals surface area (Å²) in [6.45, 7) is 2.25. The lowest BCUT2D eigenvalue weighted by atomic mass is 9.91. The molecular weight excluding hydrogens is 224 g/mol. The van der Waals surface area contributed by atoms with E-state index in [1.807, 2.05) is 0 Å². The third kappa shape index (κ3) is 3.81. The number of carbonyl (C=O) groups excluding carboxylic acids is 1. The van der Waals surface area contributed by atoms with E-state index < -0.39 is 0 Å². The lowest BCUT2D eigenvalue weighted by Gasteiger charge is -2.33. The summed E-state index contributed by atoms with van der Waals surface area (Å²) in [4.78, 5) is 11.8. The molecule has 1 saturated carbocycles. The summed E-state index contributed by atoms with van der Waals surface area (Å²) in [6, 6.07) is 0. The third-order valence-corrected chi connectivity index (χ3v) is 4.56. The maximum atomic E-state index is 11.8. The van der Waals surface area contributed by atoms with Gasteiger partial charge in [-0.15, -0.1) is 0 Å². The lowest BCUT2D eigenvalue weighted by Crippen LogP contribution is -2.35. The molecule has 0 N–H and O–H groups in total. The van der Waals surface area contributed by atoms with E-state index in [9.17, 15) is 4.79 Å². The van der Waals surface area contributed by atoms with Gasteiger partial charge in [0.2, 0.25) is 0 Å². The number of unbranched alkanes of at least 4 members (excludes halogenated alkanes) is 3. The number of ether oxygens (including phenoxy) is 1. The Morgan fingerprint density at radius 2 is 2.00 bits per heavy atom. The largest absolute Gasteiger partial charge is 0.374 e. The highest BCUT2D eigenvalue weighted by atomic mass is 16.5. The zero-order chi connectivity index (χ0) is 12.8. The standard InChI is InChI=1S/C16H28O2/c1-2-3-4-5-8-13-9-6-12-16(18-13)14-10-7-11-15(14)17/h13-14,16H,2-12H2,1H3/t13-,14?,16+/m0/s1. The van der Waals surface area contributed by atoms with E-state index in [1.54, 1.807) is 0 Å². The van der Waals surface area contributed by atoms with Crippen LogP contribution in [0.2, 0.25) is 0 Å². The van der Waals surface area contributed by atoms with Crippen LogP contribution in [0.5, 0.6) is 0 Å². The molecule has 2 fully saturated rings. The maximum absolute atomic E-state index is 11.8. The van der Waals surface area contributed by atoms with Crippen molar-refractivity contribution in [3.63, 3.8) is 0 Å². The van der Waals surface area contributed by atoms with E-state index >= 15 is 0 Å². The van der Waals surface area contributed by atoms with E-state index in [2.05, 4.69) is 6.92 Å². The third-order valence-electron chi connectivity index (χ3n) is 4.56. The molecule has 0 spiro atoms. The Bertz CT molecular complexity index is 262. The van der Waals surface area contributed by atoms with Gasteiger partial charge in [-0.05, 0) is 38.5 Å². The van der Waals surface area contributed by atoms with Crippen LogP contribution in [0.25, 0.3) is 0 Å². The van der Waals surface area contributed by atoms with Gasteiger partial charge in [0.05, 0.1) is 12.2 Å². The summed E-state index contributed by atoms with van der Waals surface area (Å²) in [6.07, 6.45) is 13.7. The highest BCUT2D eigenvalue weighted by Gasteiger charge is 2.35. The van der Waals surface area contributed by atoms with Gasteiger partial charge in [0.1, 0.15) is 5.78 Å². The summed E-state index contributed by atoms with van der Waals surface area (Å²) < 4.78 is 6.20. The Morgan fingerprint density at radius 1 is 1.11 bits per heavy atom. The molecule has 1 saturated heterocycles. The molecule has 104 valence electrons. The van der Waals surface area contributed by atoms with Crippen LogP contribution < -0.4 is 0 Å². The Morgan fingerprint density at radius 3 is 2.72 bits per heavy atom. The zero-order valence-corrected chi connectivity index (χ0v) is 11.8. The van der Waals surface area contributed by atoms with Gasteiger partial charge in [-0.2, -0.15) is 0 Å². The summed E-state index contributed by atoms with van der Waals surface area (Å²) >= 11 is 0. The fourth-order valence-electron chi connectivity index (χ4n) is 3.47. The van der Waals surface area contributed by atoms with Gasteiger partial charge in [-0.1, -0.05) is 32.6 Å². The first kappa shape index (κ1) is 14.0. The van der Waals surface area contributed by atoms with Crippen molar-refractivity contribution in [2.45, 2.75) is 89.8 Å². The molecule has 1 unspecified atom stereocenters. The van der Waals surface area contributed by atoms with Crippen molar-refractivity contribution in [1.29, 1.82) is 0 Å². The zero-order valence-electron chi connectivity index (χ0n) is 11.8.